The highest BCUT2D eigenvalue weighted by atomic mass is 15.1. The van der Waals surface area contributed by atoms with Crippen LogP contribution in [0.3, 0.4) is 0 Å². The Kier molecular flexibility index (Phi) is 2.96. The molecule has 1 heterocycles. The zero-order chi connectivity index (χ0) is 13.4. The van der Waals surface area contributed by atoms with Gasteiger partial charge < -0.3 is 4.90 Å². The number of pyridine rings is 1. The standard InChI is InChI=1S/C15H17N3/c1-9-6-10(2)14-12(7-9)15(18(4)5)13(8-16)11(3)17-14/h6-7H,1-5H3. The van der Waals surface area contributed by atoms with E-state index in [1.807, 2.05) is 25.9 Å². The molecule has 2 rings (SSSR count). The van der Waals surface area contributed by atoms with Gasteiger partial charge in [0.1, 0.15) is 6.07 Å². The van der Waals surface area contributed by atoms with E-state index in [1.165, 1.54) is 5.56 Å². The van der Waals surface area contributed by atoms with Crippen molar-refractivity contribution < 1.29 is 0 Å². The van der Waals surface area contributed by atoms with Crippen LogP contribution < -0.4 is 4.90 Å². The van der Waals surface area contributed by atoms with Gasteiger partial charge in [-0.2, -0.15) is 5.26 Å². The van der Waals surface area contributed by atoms with Crippen molar-refractivity contribution in [2.75, 3.05) is 19.0 Å². The first-order valence-corrected chi connectivity index (χ1v) is 5.94. The van der Waals surface area contributed by atoms with Gasteiger partial charge in [0.15, 0.2) is 0 Å². The summed E-state index contributed by atoms with van der Waals surface area (Å²) >= 11 is 0. The van der Waals surface area contributed by atoms with Crippen LogP contribution in [-0.2, 0) is 0 Å². The number of aryl methyl sites for hydroxylation is 3. The Morgan fingerprint density at radius 3 is 2.39 bits per heavy atom. The highest BCUT2D eigenvalue weighted by Gasteiger charge is 2.15. The monoisotopic (exact) mass is 239 g/mol. The fourth-order valence-electron chi connectivity index (χ4n) is 2.42. The lowest BCUT2D eigenvalue weighted by molar-refractivity contribution is 1.11. The molecule has 0 spiro atoms. The van der Waals surface area contributed by atoms with Crippen LogP contribution in [0.15, 0.2) is 12.1 Å². The van der Waals surface area contributed by atoms with E-state index in [0.717, 1.165) is 27.8 Å². The van der Waals surface area contributed by atoms with Gasteiger partial charge in [0.25, 0.3) is 0 Å². The third-order valence-corrected chi connectivity index (χ3v) is 3.14. The minimum Gasteiger partial charge on any atom is -0.376 e. The second kappa shape index (κ2) is 4.30. The summed E-state index contributed by atoms with van der Waals surface area (Å²) in [6.07, 6.45) is 0. The number of rotatable bonds is 1. The van der Waals surface area contributed by atoms with Gasteiger partial charge in [0.2, 0.25) is 0 Å². The van der Waals surface area contributed by atoms with Crippen molar-refractivity contribution in [2.24, 2.45) is 0 Å². The smallest absolute Gasteiger partial charge is 0.103 e. The molecule has 0 aliphatic carbocycles. The van der Waals surface area contributed by atoms with Gasteiger partial charge >= 0.3 is 0 Å². The molecule has 3 heteroatoms. The molecule has 0 atom stereocenters. The average Bonchev–Trinajstić information content (AvgIpc) is 2.28. The van der Waals surface area contributed by atoms with Gasteiger partial charge in [-0.15, -0.1) is 0 Å². The quantitative estimate of drug-likeness (QED) is 0.767. The van der Waals surface area contributed by atoms with E-state index < -0.39 is 0 Å². The van der Waals surface area contributed by atoms with Crippen LogP contribution in [-0.4, -0.2) is 19.1 Å². The largest absolute Gasteiger partial charge is 0.376 e. The van der Waals surface area contributed by atoms with Crippen LogP contribution in [0.5, 0.6) is 0 Å². The second-order valence-electron chi connectivity index (χ2n) is 4.91. The summed E-state index contributed by atoms with van der Waals surface area (Å²) in [5.74, 6) is 0. The molecule has 18 heavy (non-hydrogen) atoms. The molecule has 0 fully saturated rings. The summed E-state index contributed by atoms with van der Waals surface area (Å²) in [7, 11) is 3.93. The number of aromatic nitrogens is 1. The molecule has 0 aliphatic heterocycles. The summed E-state index contributed by atoms with van der Waals surface area (Å²) in [4.78, 5) is 6.58. The van der Waals surface area contributed by atoms with E-state index in [1.54, 1.807) is 0 Å². The van der Waals surface area contributed by atoms with Gasteiger partial charge in [-0.3, -0.25) is 4.98 Å². The predicted molar refractivity (Wildman–Crippen MR) is 75.0 cm³/mol. The fraction of sp³-hybridized carbons (Fsp3) is 0.333. The number of hydrogen-bond acceptors (Lipinski definition) is 3. The highest BCUT2D eigenvalue weighted by Crippen LogP contribution is 2.32. The number of fused-ring (bicyclic) bond motifs is 1. The summed E-state index contributed by atoms with van der Waals surface area (Å²) in [6, 6.07) is 6.50. The van der Waals surface area contributed by atoms with Crippen LogP contribution >= 0.6 is 0 Å². The second-order valence-corrected chi connectivity index (χ2v) is 4.91. The molecular weight excluding hydrogens is 222 g/mol. The molecule has 92 valence electrons. The third-order valence-electron chi connectivity index (χ3n) is 3.14. The van der Waals surface area contributed by atoms with Crippen LogP contribution in [0.1, 0.15) is 22.4 Å². The summed E-state index contributed by atoms with van der Waals surface area (Å²) in [6.45, 7) is 6.02. The van der Waals surface area contributed by atoms with E-state index in [9.17, 15) is 5.26 Å². The lowest BCUT2D eigenvalue weighted by Crippen LogP contribution is -2.13. The van der Waals surface area contributed by atoms with Gasteiger partial charge in [-0.1, -0.05) is 11.6 Å². The molecule has 0 N–H and O–H groups in total. The van der Waals surface area contributed by atoms with Crippen LogP contribution in [0.2, 0.25) is 0 Å². The molecule has 1 aromatic carbocycles. The Labute approximate surface area is 108 Å². The van der Waals surface area contributed by atoms with E-state index >= 15 is 0 Å². The molecule has 0 amide bonds. The normalized spacial score (nSPS) is 10.4. The van der Waals surface area contributed by atoms with Crippen molar-refractivity contribution in [1.82, 2.24) is 4.98 Å². The molecular formula is C15H17N3. The zero-order valence-corrected chi connectivity index (χ0v) is 11.5. The topological polar surface area (TPSA) is 39.9 Å². The maximum atomic E-state index is 9.33. The molecule has 0 aliphatic rings. The Bertz CT molecular complexity index is 664. The zero-order valence-electron chi connectivity index (χ0n) is 11.5. The Morgan fingerprint density at radius 1 is 1.17 bits per heavy atom. The highest BCUT2D eigenvalue weighted by molar-refractivity contribution is 5.97. The van der Waals surface area contributed by atoms with Crippen LogP contribution in [0, 0.1) is 32.1 Å². The van der Waals surface area contributed by atoms with Crippen LogP contribution in [0.25, 0.3) is 10.9 Å². The van der Waals surface area contributed by atoms with Crippen molar-refractivity contribution in [1.29, 1.82) is 5.26 Å². The summed E-state index contributed by atoms with van der Waals surface area (Å²) in [5, 5.41) is 10.4. The lowest BCUT2D eigenvalue weighted by atomic mass is 10.0. The minimum absolute atomic E-state index is 0.664. The molecule has 1 aromatic heterocycles. The molecule has 0 unspecified atom stereocenters. The first-order valence-electron chi connectivity index (χ1n) is 5.94. The van der Waals surface area contributed by atoms with E-state index in [0.29, 0.717) is 5.56 Å². The number of nitrogens with zero attached hydrogens (tertiary/aromatic N) is 3. The molecule has 3 nitrogen and oxygen atoms in total. The Morgan fingerprint density at radius 2 is 1.83 bits per heavy atom. The van der Waals surface area contributed by atoms with Crippen molar-refractivity contribution in [3.8, 4) is 6.07 Å². The van der Waals surface area contributed by atoms with Gasteiger partial charge in [-0.25, -0.2) is 0 Å². The van der Waals surface area contributed by atoms with Crippen molar-refractivity contribution in [2.45, 2.75) is 20.8 Å². The Hall–Kier alpha value is -2.08. The van der Waals surface area contributed by atoms with Gasteiger partial charge in [-0.05, 0) is 32.4 Å². The lowest BCUT2D eigenvalue weighted by Gasteiger charge is -2.19. The maximum Gasteiger partial charge on any atom is 0.103 e. The molecule has 0 radical (unpaired) electrons. The van der Waals surface area contributed by atoms with E-state index in [2.05, 4.69) is 37.0 Å². The fourth-order valence-corrected chi connectivity index (χ4v) is 2.42. The van der Waals surface area contributed by atoms with Gasteiger partial charge in [0, 0.05) is 19.5 Å². The van der Waals surface area contributed by atoms with Crippen molar-refractivity contribution >= 4 is 16.6 Å². The SMILES string of the molecule is Cc1cc(C)c2nc(C)c(C#N)c(N(C)C)c2c1. The maximum absolute atomic E-state index is 9.33. The number of nitriles is 1. The number of anilines is 1. The molecule has 0 bridgehead atoms. The molecule has 0 saturated heterocycles. The Balaban J connectivity index is 3.03. The predicted octanol–water partition coefficient (Wildman–Crippen LogP) is 3.10. The van der Waals surface area contributed by atoms with Crippen molar-refractivity contribution in [3.05, 3.63) is 34.5 Å². The summed E-state index contributed by atoms with van der Waals surface area (Å²) in [5.41, 5.74) is 5.75. The summed E-state index contributed by atoms with van der Waals surface area (Å²) < 4.78 is 0. The third kappa shape index (κ3) is 1.80. The molecule has 0 saturated carbocycles. The van der Waals surface area contributed by atoms with Crippen LogP contribution in [0.4, 0.5) is 5.69 Å². The van der Waals surface area contributed by atoms with E-state index in [-0.39, 0.29) is 0 Å². The minimum atomic E-state index is 0.664. The first kappa shape index (κ1) is 12.4. The number of benzene rings is 1. The number of hydrogen-bond donors (Lipinski definition) is 0. The average molecular weight is 239 g/mol. The van der Waals surface area contributed by atoms with Crippen molar-refractivity contribution in [3.63, 3.8) is 0 Å². The first-order chi connectivity index (χ1) is 8.45. The molecule has 2 aromatic rings. The van der Waals surface area contributed by atoms with Gasteiger partial charge in [0.05, 0.1) is 22.5 Å². The van der Waals surface area contributed by atoms with E-state index in [4.69, 9.17) is 0 Å².